The maximum atomic E-state index is 13.8. The van der Waals surface area contributed by atoms with E-state index in [9.17, 15) is 27.1 Å². The second-order valence-corrected chi connectivity index (χ2v) is 14.1. The van der Waals surface area contributed by atoms with Gasteiger partial charge in [-0.25, -0.2) is 17.2 Å². The van der Waals surface area contributed by atoms with Crippen LogP contribution in [0.2, 0.25) is 0 Å². The number of sulfonamides is 1. The van der Waals surface area contributed by atoms with E-state index in [1.807, 2.05) is 4.90 Å². The Labute approximate surface area is 243 Å². The van der Waals surface area contributed by atoms with Gasteiger partial charge in [0, 0.05) is 50.0 Å². The summed E-state index contributed by atoms with van der Waals surface area (Å²) in [6.07, 6.45) is 5.53. The maximum Gasteiger partial charge on any atom is 0.255 e. The highest BCUT2D eigenvalue weighted by atomic mass is 32.2. The molecule has 12 heteroatoms. The number of piperidine rings is 2. The van der Waals surface area contributed by atoms with E-state index in [4.69, 9.17) is 4.42 Å². The number of anilines is 4. The minimum absolute atomic E-state index is 0.154. The van der Waals surface area contributed by atoms with Crippen LogP contribution in [0.25, 0.3) is 11.0 Å². The number of aliphatic hydroxyl groups excluding tert-OH is 1. The zero-order valence-electron chi connectivity index (χ0n) is 23.5. The lowest BCUT2D eigenvalue weighted by atomic mass is 9.93. The van der Waals surface area contributed by atoms with E-state index in [-0.39, 0.29) is 31.8 Å². The number of hydrogen-bond acceptors (Lipinski definition) is 7. The van der Waals surface area contributed by atoms with E-state index in [2.05, 4.69) is 14.9 Å². The lowest BCUT2D eigenvalue weighted by Crippen LogP contribution is -2.39. The molecule has 2 saturated heterocycles. The molecule has 0 bridgehead atoms. The lowest BCUT2D eigenvalue weighted by Gasteiger charge is -2.35. The molecule has 1 spiro atoms. The molecule has 2 aliphatic heterocycles. The van der Waals surface area contributed by atoms with Crippen molar-refractivity contribution in [3.8, 4) is 0 Å². The van der Waals surface area contributed by atoms with Gasteiger partial charge in [0.15, 0.2) is 5.58 Å². The average Bonchev–Trinajstić information content (AvgIpc) is 3.53. The number of hydrogen-bond donors (Lipinski definition) is 3. The van der Waals surface area contributed by atoms with E-state index in [0.29, 0.717) is 44.7 Å². The summed E-state index contributed by atoms with van der Waals surface area (Å²) in [6.45, 7) is 2.81. The van der Waals surface area contributed by atoms with Crippen LogP contribution in [0.5, 0.6) is 0 Å². The average molecular weight is 603 g/mol. The number of nitrogens with one attached hydrogen (secondary N) is 2. The minimum Gasteiger partial charge on any atom is -0.462 e. The Kier molecular flexibility index (Phi) is 7.33. The summed E-state index contributed by atoms with van der Waals surface area (Å²) in [6, 6.07) is 10.1. The van der Waals surface area contributed by atoms with Crippen LogP contribution in [-0.4, -0.2) is 63.4 Å². The summed E-state index contributed by atoms with van der Waals surface area (Å²) >= 11 is 0. The zero-order valence-corrected chi connectivity index (χ0v) is 24.4. The van der Waals surface area contributed by atoms with E-state index < -0.39 is 27.8 Å². The van der Waals surface area contributed by atoms with Crippen LogP contribution in [0.1, 0.15) is 55.8 Å². The molecule has 3 aromatic rings. The molecule has 1 atom stereocenters. The number of alkyl halides is 2. The van der Waals surface area contributed by atoms with Gasteiger partial charge in [-0.1, -0.05) is 0 Å². The monoisotopic (exact) mass is 602 g/mol. The van der Waals surface area contributed by atoms with E-state index in [0.717, 1.165) is 25.9 Å². The van der Waals surface area contributed by atoms with Crippen LogP contribution >= 0.6 is 0 Å². The topological polar surface area (TPSA) is 115 Å². The molecule has 2 aromatic carbocycles. The number of aliphatic hydroxyl groups is 1. The molecule has 226 valence electrons. The van der Waals surface area contributed by atoms with Gasteiger partial charge in [0.25, 0.3) is 11.8 Å². The summed E-state index contributed by atoms with van der Waals surface area (Å²) < 4.78 is 61.2. The van der Waals surface area contributed by atoms with Crippen molar-refractivity contribution in [3.63, 3.8) is 0 Å². The van der Waals surface area contributed by atoms with Crippen LogP contribution in [0.3, 0.4) is 0 Å². The van der Waals surface area contributed by atoms with E-state index >= 15 is 0 Å². The Balaban J connectivity index is 1.29. The number of halogens is 2. The molecule has 1 aromatic heterocycles. The van der Waals surface area contributed by atoms with Crippen LogP contribution < -0.4 is 19.8 Å². The first-order valence-electron chi connectivity index (χ1n) is 14.4. The van der Waals surface area contributed by atoms with Crippen LogP contribution in [0, 0.1) is 5.41 Å². The largest absolute Gasteiger partial charge is 0.462 e. The van der Waals surface area contributed by atoms with E-state index in [1.165, 1.54) is 26.0 Å². The molecule has 9 nitrogen and oxygen atoms in total. The fraction of sp³-hybridized carbons (Fsp3) is 0.500. The molecule has 0 radical (unpaired) electrons. The normalized spacial score (nSPS) is 20.5. The van der Waals surface area contributed by atoms with Gasteiger partial charge < -0.3 is 24.6 Å². The molecule has 3 fully saturated rings. The molecule has 3 aliphatic rings. The van der Waals surface area contributed by atoms with Gasteiger partial charge in [0.2, 0.25) is 10.0 Å². The number of carbonyl (C=O) groups is 1. The number of rotatable bonds is 8. The van der Waals surface area contributed by atoms with Gasteiger partial charge in [0.1, 0.15) is 5.25 Å². The Morgan fingerprint density at radius 2 is 1.64 bits per heavy atom. The first-order chi connectivity index (χ1) is 20.0. The first-order valence-corrected chi connectivity index (χ1v) is 16.0. The summed E-state index contributed by atoms with van der Waals surface area (Å²) in [5, 5.41) is 12.1. The lowest BCUT2D eigenvalue weighted by molar-refractivity contribution is -0.0220. The van der Waals surface area contributed by atoms with Crippen molar-refractivity contribution in [2.75, 3.05) is 52.6 Å². The summed E-state index contributed by atoms with van der Waals surface area (Å²) in [7, 11) is -3.80. The van der Waals surface area contributed by atoms with Crippen molar-refractivity contribution < 1.29 is 31.5 Å². The molecule has 42 heavy (non-hydrogen) atoms. The van der Waals surface area contributed by atoms with Crippen LogP contribution in [0.4, 0.5) is 31.5 Å². The smallest absolute Gasteiger partial charge is 0.255 e. The third-order valence-corrected chi connectivity index (χ3v) is 10.8. The summed E-state index contributed by atoms with van der Waals surface area (Å²) in [5.41, 5.74) is 3.53. The first kappa shape index (κ1) is 28.7. The molecule has 3 N–H and O–H groups in total. The third kappa shape index (κ3) is 5.78. The van der Waals surface area contributed by atoms with Gasteiger partial charge in [0.05, 0.1) is 35.6 Å². The number of carbonyl (C=O) groups excluding carboxylic acids is 1. The van der Waals surface area contributed by atoms with Gasteiger partial charge >= 0.3 is 0 Å². The standard InChI is InChI=1S/C30H36F2N4O5S/c1-20(19-37)42(39,40)34-23-2-3-24(25(18-23)35-11-7-29(5-6-29)8-12-35)33-28(38)22-16-21-4-15-41-27(21)26(17-22)36-13-9-30(31,32)10-14-36/h2-4,15-18,20,34,37H,5-14,19H2,1H3,(H,33,38)/t20-/m0/s1. The summed E-state index contributed by atoms with van der Waals surface area (Å²) in [4.78, 5) is 17.7. The SMILES string of the molecule is C[C@@H](CO)S(=O)(=O)Nc1ccc(NC(=O)c2cc(N3CCC(F)(F)CC3)c3occc3c2)c(N2CCC3(CC2)CC3)c1. The third-order valence-electron chi connectivity index (χ3n) is 9.04. The highest BCUT2D eigenvalue weighted by molar-refractivity contribution is 7.93. The number of furan rings is 1. The number of fused-ring (bicyclic) bond motifs is 1. The molecule has 1 saturated carbocycles. The Hall–Kier alpha value is -3.38. The predicted octanol–water partition coefficient (Wildman–Crippen LogP) is 5.42. The molecule has 3 heterocycles. The molecular formula is C30H36F2N4O5S. The highest BCUT2D eigenvalue weighted by Gasteiger charge is 2.44. The number of nitrogens with zero attached hydrogens (tertiary/aromatic N) is 2. The van der Waals surface area contributed by atoms with Gasteiger partial charge in [-0.3, -0.25) is 9.52 Å². The zero-order chi connectivity index (χ0) is 29.7. The second-order valence-electron chi connectivity index (χ2n) is 12.0. The second kappa shape index (κ2) is 10.7. The molecular weight excluding hydrogens is 566 g/mol. The molecule has 0 unspecified atom stereocenters. The van der Waals surface area contributed by atoms with Crippen molar-refractivity contribution in [1.29, 1.82) is 0 Å². The molecule has 1 aliphatic carbocycles. The quantitative estimate of drug-likeness (QED) is 0.315. The van der Waals surface area contributed by atoms with Gasteiger partial charge in [-0.05, 0) is 74.4 Å². The van der Waals surface area contributed by atoms with E-state index in [1.54, 1.807) is 36.4 Å². The molecule has 1 amide bonds. The fourth-order valence-electron chi connectivity index (χ4n) is 5.92. The predicted molar refractivity (Wildman–Crippen MR) is 159 cm³/mol. The van der Waals surface area contributed by atoms with Gasteiger partial charge in [-0.2, -0.15) is 0 Å². The number of amides is 1. The van der Waals surface area contributed by atoms with Crippen molar-refractivity contribution in [3.05, 3.63) is 48.2 Å². The Morgan fingerprint density at radius 3 is 2.31 bits per heavy atom. The number of benzene rings is 2. The highest BCUT2D eigenvalue weighted by Crippen LogP contribution is 2.54. The summed E-state index contributed by atoms with van der Waals surface area (Å²) in [5.74, 6) is -3.07. The van der Waals surface area contributed by atoms with Crippen molar-refractivity contribution in [2.45, 2.75) is 56.6 Å². The fourth-order valence-corrected chi connectivity index (χ4v) is 6.78. The van der Waals surface area contributed by atoms with Crippen LogP contribution in [0.15, 0.2) is 47.1 Å². The van der Waals surface area contributed by atoms with Crippen molar-refractivity contribution >= 4 is 49.6 Å². The van der Waals surface area contributed by atoms with Crippen LogP contribution in [-0.2, 0) is 10.0 Å². The van der Waals surface area contributed by atoms with Crippen molar-refractivity contribution in [2.24, 2.45) is 5.41 Å². The maximum absolute atomic E-state index is 13.8. The van der Waals surface area contributed by atoms with Crippen molar-refractivity contribution in [1.82, 2.24) is 0 Å². The Morgan fingerprint density at radius 1 is 0.976 bits per heavy atom. The minimum atomic E-state index is -3.80. The van der Waals surface area contributed by atoms with Gasteiger partial charge in [-0.15, -0.1) is 0 Å². The Bertz CT molecular complexity index is 1580. The molecule has 6 rings (SSSR count).